The second kappa shape index (κ2) is 11.1. The number of nitrogen functional groups attached to an aromatic ring is 1. The number of thioether (sulfide) groups is 1. The number of aromatic amines is 1. The van der Waals surface area contributed by atoms with Crippen LogP contribution in [0.4, 0.5) is 38.1 Å². The normalized spacial score (nSPS) is 21.6. The van der Waals surface area contributed by atoms with Crippen molar-refractivity contribution in [2.75, 3.05) is 49.1 Å². The number of nitrogens with one attached hydrogen (secondary N) is 1. The Morgan fingerprint density at radius 1 is 1.15 bits per heavy atom. The van der Waals surface area contributed by atoms with Crippen LogP contribution >= 0.6 is 23.1 Å². The van der Waals surface area contributed by atoms with Crippen LogP contribution in [-0.4, -0.2) is 92.0 Å². The number of nitrogens with zero attached hydrogens (tertiary/aromatic N) is 6. The number of likely N-dealkylation sites (tertiary alicyclic amines) is 1. The quantitative estimate of drug-likeness (QED) is 0.220. The minimum atomic E-state index is -4.85. The number of imidazole rings is 1. The number of carbonyl (C=O) groups is 1. The highest BCUT2D eigenvalue weighted by atomic mass is 32.2. The van der Waals surface area contributed by atoms with Gasteiger partial charge in [0.05, 0.1) is 23.1 Å². The van der Waals surface area contributed by atoms with Crippen LogP contribution in [0.5, 0.6) is 0 Å². The third-order valence-corrected chi connectivity index (χ3v) is 11.5. The molecular weight excluding hydrogens is 683 g/mol. The standard InChI is InChI=1S/C30H30F6N8O2S2/c1-4-19(45)44-14(2)6-42(7-15(44)3)24-16-5-18(30(34,35)36)20(17-8-47-25-21(17)38-26(37)40-25)23-22(16)43(27(46)39-24)11-28(13-48-23)9-41(10-28)12-29(31,32)33/h4-5,8,14-15H,1,6-7,9-13H2,2-3H3,(H3,37,38,40)/t14-,15+. The van der Waals surface area contributed by atoms with Gasteiger partial charge in [0.1, 0.15) is 10.6 Å². The molecule has 2 fully saturated rings. The first-order valence-corrected chi connectivity index (χ1v) is 16.9. The maximum Gasteiger partial charge on any atom is 0.417 e. The van der Waals surface area contributed by atoms with Crippen LogP contribution in [0.15, 0.2) is 33.8 Å². The van der Waals surface area contributed by atoms with Crippen LogP contribution in [0.1, 0.15) is 19.4 Å². The molecule has 0 saturated carbocycles. The lowest BCUT2D eigenvalue weighted by Gasteiger charge is -2.50. The maximum atomic E-state index is 15.2. The highest BCUT2D eigenvalue weighted by Crippen LogP contribution is 2.53. The number of amides is 1. The minimum absolute atomic E-state index is 0.0126. The van der Waals surface area contributed by atoms with Gasteiger partial charge in [-0.05, 0) is 26.0 Å². The lowest BCUT2D eigenvalue weighted by atomic mass is 9.81. The average Bonchev–Trinajstić information content (AvgIpc) is 3.46. The first kappa shape index (κ1) is 32.8. The van der Waals surface area contributed by atoms with E-state index in [0.717, 1.165) is 29.2 Å². The Morgan fingerprint density at radius 3 is 2.46 bits per heavy atom. The van der Waals surface area contributed by atoms with Crippen molar-refractivity contribution in [1.82, 2.24) is 29.3 Å². The summed E-state index contributed by atoms with van der Waals surface area (Å²) in [5, 5.41) is 1.65. The van der Waals surface area contributed by atoms with E-state index in [1.165, 1.54) is 15.5 Å². The number of piperazine rings is 1. The summed E-state index contributed by atoms with van der Waals surface area (Å²) >= 11 is 2.22. The minimum Gasteiger partial charge on any atom is -0.369 e. The van der Waals surface area contributed by atoms with Gasteiger partial charge in [-0.1, -0.05) is 6.58 Å². The molecule has 1 aromatic carbocycles. The van der Waals surface area contributed by atoms with Crippen molar-refractivity contribution >= 4 is 62.0 Å². The van der Waals surface area contributed by atoms with Gasteiger partial charge in [0.15, 0.2) is 5.95 Å². The Bertz CT molecular complexity index is 2020. The number of aromatic nitrogens is 4. The van der Waals surface area contributed by atoms with Gasteiger partial charge in [-0.3, -0.25) is 14.3 Å². The average molecular weight is 713 g/mol. The number of carbonyl (C=O) groups excluding carboxylic acids is 1. The molecular formula is C30H30F6N8O2S2. The Morgan fingerprint density at radius 2 is 1.83 bits per heavy atom. The lowest BCUT2D eigenvalue weighted by Crippen LogP contribution is -2.61. The van der Waals surface area contributed by atoms with Crippen LogP contribution in [0.3, 0.4) is 0 Å². The molecule has 0 radical (unpaired) electrons. The van der Waals surface area contributed by atoms with Crippen LogP contribution in [0.25, 0.3) is 32.4 Å². The highest BCUT2D eigenvalue weighted by Gasteiger charge is 2.49. The number of hydrogen-bond acceptors (Lipinski definition) is 9. The third-order valence-electron chi connectivity index (χ3n) is 9.20. The maximum absolute atomic E-state index is 15.2. The van der Waals surface area contributed by atoms with Crippen molar-refractivity contribution in [3.8, 4) is 11.1 Å². The number of benzene rings is 1. The van der Waals surface area contributed by atoms with Gasteiger partial charge in [0.2, 0.25) is 5.91 Å². The Labute approximate surface area is 277 Å². The molecule has 3 N–H and O–H groups in total. The molecule has 3 aliphatic heterocycles. The van der Waals surface area contributed by atoms with Crippen LogP contribution in [0.2, 0.25) is 0 Å². The summed E-state index contributed by atoms with van der Waals surface area (Å²) in [5.74, 6) is -0.0250. The Balaban J connectivity index is 1.46. The molecule has 48 heavy (non-hydrogen) atoms. The van der Waals surface area contributed by atoms with Gasteiger partial charge < -0.3 is 20.5 Å². The fourth-order valence-corrected chi connectivity index (χ4v) is 9.85. The van der Waals surface area contributed by atoms with E-state index >= 15 is 13.2 Å². The molecule has 3 aliphatic rings. The Hall–Kier alpha value is -3.77. The summed E-state index contributed by atoms with van der Waals surface area (Å²) in [6, 6.07) is 0.251. The van der Waals surface area contributed by atoms with Gasteiger partial charge >= 0.3 is 18.0 Å². The molecule has 7 rings (SSSR count). The highest BCUT2D eigenvalue weighted by molar-refractivity contribution is 7.99. The zero-order valence-electron chi connectivity index (χ0n) is 25.7. The van der Waals surface area contributed by atoms with E-state index in [1.807, 2.05) is 0 Å². The number of thiophene rings is 1. The number of nitrogens with two attached hydrogens (primary N) is 1. The van der Waals surface area contributed by atoms with Crippen molar-refractivity contribution in [3.63, 3.8) is 0 Å². The topological polar surface area (TPSA) is 116 Å². The summed E-state index contributed by atoms with van der Waals surface area (Å²) in [5.41, 5.74) is 3.97. The molecule has 3 aromatic heterocycles. The zero-order chi connectivity index (χ0) is 34.5. The van der Waals surface area contributed by atoms with E-state index in [4.69, 9.17) is 5.73 Å². The molecule has 18 heteroatoms. The van der Waals surface area contributed by atoms with Gasteiger partial charge in [-0.25, -0.2) is 9.78 Å². The summed E-state index contributed by atoms with van der Waals surface area (Å²) < 4.78 is 86.5. The number of halogens is 6. The van der Waals surface area contributed by atoms with Gasteiger partial charge in [-0.2, -0.15) is 31.3 Å². The Kier molecular flexibility index (Phi) is 7.60. The van der Waals surface area contributed by atoms with Crippen molar-refractivity contribution < 1.29 is 31.1 Å². The number of alkyl halides is 6. The second-order valence-electron chi connectivity index (χ2n) is 12.9. The SMILES string of the molecule is C=CC(=O)N1[C@H](C)CN(c2nc(=O)n3c4c(c(-c5csc6nc(N)[nH]c56)c(C(F)(F)F)cc24)SCC2(CN(CC(F)(F)F)C2)C3)C[C@@H]1C. The molecule has 10 nitrogen and oxygen atoms in total. The lowest BCUT2D eigenvalue weighted by molar-refractivity contribution is -0.168. The number of fused-ring (bicyclic) bond motifs is 1. The van der Waals surface area contributed by atoms with Gasteiger partial charge in [0.25, 0.3) is 0 Å². The van der Waals surface area contributed by atoms with E-state index < -0.39 is 35.6 Å². The fourth-order valence-electron chi connectivity index (χ4n) is 7.51. The van der Waals surface area contributed by atoms with Crippen molar-refractivity contribution in [3.05, 3.63) is 40.1 Å². The third kappa shape index (κ3) is 5.41. The summed E-state index contributed by atoms with van der Waals surface area (Å²) in [7, 11) is 0. The molecule has 0 bridgehead atoms. The second-order valence-corrected chi connectivity index (χ2v) is 14.7. The van der Waals surface area contributed by atoms with Crippen molar-refractivity contribution in [2.45, 2.75) is 49.7 Å². The van der Waals surface area contributed by atoms with Crippen molar-refractivity contribution in [1.29, 1.82) is 0 Å². The smallest absolute Gasteiger partial charge is 0.369 e. The van der Waals surface area contributed by atoms with Crippen LogP contribution in [-0.2, 0) is 17.5 Å². The zero-order valence-corrected chi connectivity index (χ0v) is 27.3. The molecule has 0 unspecified atom stereocenters. The monoisotopic (exact) mass is 712 g/mol. The van der Waals surface area contributed by atoms with Gasteiger partial charge in [-0.15, -0.1) is 23.1 Å². The number of anilines is 2. The van der Waals surface area contributed by atoms with Crippen LogP contribution < -0.4 is 16.3 Å². The van der Waals surface area contributed by atoms with E-state index in [9.17, 15) is 22.8 Å². The molecule has 2 atom stereocenters. The summed E-state index contributed by atoms with van der Waals surface area (Å²) in [4.78, 5) is 43.1. The predicted octanol–water partition coefficient (Wildman–Crippen LogP) is 5.18. The van der Waals surface area contributed by atoms with E-state index in [0.29, 0.717) is 10.3 Å². The summed E-state index contributed by atoms with van der Waals surface area (Å²) in [6.07, 6.45) is -8.07. The van der Waals surface area contributed by atoms with Crippen molar-refractivity contribution in [2.24, 2.45) is 5.41 Å². The largest absolute Gasteiger partial charge is 0.417 e. The first-order valence-electron chi connectivity index (χ1n) is 15.0. The van der Waals surface area contributed by atoms with E-state index in [2.05, 4.69) is 21.5 Å². The van der Waals surface area contributed by atoms with E-state index in [1.54, 1.807) is 29.0 Å². The van der Waals surface area contributed by atoms with Gasteiger partial charge in [0, 0.05) is 82.8 Å². The number of rotatable bonds is 4. The van der Waals surface area contributed by atoms with Crippen LogP contribution in [0, 0.1) is 5.41 Å². The first-order chi connectivity index (χ1) is 22.5. The molecule has 2 saturated heterocycles. The number of hydrogen-bond donors (Lipinski definition) is 2. The predicted molar refractivity (Wildman–Crippen MR) is 172 cm³/mol. The number of H-pyrrole nitrogens is 1. The molecule has 6 heterocycles. The molecule has 4 aromatic rings. The molecule has 1 spiro atoms. The fraction of sp³-hybridized carbons (Fsp3) is 0.467. The van der Waals surface area contributed by atoms with E-state index in [-0.39, 0.29) is 95.2 Å². The summed E-state index contributed by atoms with van der Waals surface area (Å²) in [6.45, 7) is 6.43. The molecule has 1 amide bonds. The molecule has 256 valence electrons. The molecule has 0 aliphatic carbocycles.